The number of pyridine rings is 1. The molecule has 0 aliphatic rings. The van der Waals surface area contributed by atoms with Gasteiger partial charge in [0, 0.05) is 5.56 Å². The highest BCUT2D eigenvalue weighted by atomic mass is 35.5. The molecule has 12 heteroatoms. The van der Waals surface area contributed by atoms with Crippen molar-refractivity contribution in [1.29, 1.82) is 5.26 Å². The third kappa shape index (κ3) is 5.04. The summed E-state index contributed by atoms with van der Waals surface area (Å²) in [7, 11) is -4.02. The molecular formula is C21H13ClFN5O3S2. The van der Waals surface area contributed by atoms with Gasteiger partial charge in [-0.05, 0) is 48.5 Å². The van der Waals surface area contributed by atoms with Gasteiger partial charge < -0.3 is 10.5 Å². The van der Waals surface area contributed by atoms with Crippen molar-refractivity contribution in [3.05, 3.63) is 76.5 Å². The van der Waals surface area contributed by atoms with E-state index in [4.69, 9.17) is 22.1 Å². The van der Waals surface area contributed by atoms with Crippen molar-refractivity contribution in [2.24, 2.45) is 0 Å². The van der Waals surface area contributed by atoms with Gasteiger partial charge in [0.2, 0.25) is 0 Å². The molecule has 2 heterocycles. The van der Waals surface area contributed by atoms with Crippen LogP contribution in [0.2, 0.25) is 4.34 Å². The second kappa shape index (κ2) is 9.03. The monoisotopic (exact) mass is 501 g/mol. The predicted octanol–water partition coefficient (Wildman–Crippen LogP) is 5.04. The second-order valence-electron chi connectivity index (χ2n) is 6.54. The van der Waals surface area contributed by atoms with Crippen LogP contribution in [0.3, 0.4) is 0 Å². The zero-order valence-corrected chi connectivity index (χ0v) is 18.9. The Hall–Kier alpha value is -3.72. The fourth-order valence-corrected chi connectivity index (χ4v) is 4.92. The zero-order valence-electron chi connectivity index (χ0n) is 16.5. The average molecular weight is 502 g/mol. The van der Waals surface area contributed by atoms with Gasteiger partial charge in [0.15, 0.2) is 5.13 Å². The molecule has 0 radical (unpaired) electrons. The van der Waals surface area contributed by atoms with Crippen LogP contribution in [0.25, 0.3) is 11.3 Å². The molecule has 0 aliphatic heterocycles. The summed E-state index contributed by atoms with van der Waals surface area (Å²) < 4.78 is 47.7. The first kappa shape index (κ1) is 22.5. The molecule has 0 saturated heterocycles. The Morgan fingerprint density at radius 3 is 2.64 bits per heavy atom. The van der Waals surface area contributed by atoms with E-state index in [1.165, 1.54) is 36.5 Å². The number of sulfonamides is 1. The van der Waals surface area contributed by atoms with Crippen molar-refractivity contribution in [3.8, 4) is 28.8 Å². The summed E-state index contributed by atoms with van der Waals surface area (Å²) in [6.45, 7) is 0. The number of ether oxygens (including phenoxy) is 1. The number of halogens is 2. The number of anilines is 2. The van der Waals surface area contributed by atoms with Crippen LogP contribution >= 0.6 is 22.9 Å². The highest BCUT2D eigenvalue weighted by molar-refractivity contribution is 7.93. The van der Waals surface area contributed by atoms with Crippen LogP contribution in [0.4, 0.5) is 15.3 Å². The third-order valence-corrected chi connectivity index (χ3v) is 6.79. The molecular weight excluding hydrogens is 489 g/mol. The summed E-state index contributed by atoms with van der Waals surface area (Å²) in [6.07, 6.45) is 1.32. The highest BCUT2D eigenvalue weighted by Gasteiger charge is 2.20. The van der Waals surface area contributed by atoms with Crippen molar-refractivity contribution >= 4 is 43.9 Å². The standard InChI is InChI=1S/C21H13ClFN5O3S2/c22-19-11-26-21(32-19)28-33(29,30)14-5-7-17(12(8-14)10-24)31-18-6-4-13(23)9-15(18)16-2-1-3-20(25)27-16/h1-9,11H,(H2,25,27)(H,26,28). The zero-order chi connectivity index (χ0) is 23.6. The number of benzene rings is 2. The van der Waals surface area contributed by atoms with E-state index in [1.54, 1.807) is 18.2 Å². The summed E-state index contributed by atoms with van der Waals surface area (Å²) in [5.41, 5.74) is 6.36. The molecule has 0 unspecified atom stereocenters. The van der Waals surface area contributed by atoms with E-state index < -0.39 is 15.8 Å². The molecule has 0 bridgehead atoms. The molecule has 33 heavy (non-hydrogen) atoms. The fraction of sp³-hybridized carbons (Fsp3) is 0. The Kier molecular flexibility index (Phi) is 6.15. The van der Waals surface area contributed by atoms with E-state index in [2.05, 4.69) is 14.7 Å². The minimum atomic E-state index is -4.02. The first-order chi connectivity index (χ1) is 15.7. The number of rotatable bonds is 6. The molecule has 3 N–H and O–H groups in total. The lowest BCUT2D eigenvalue weighted by Gasteiger charge is -2.13. The van der Waals surface area contributed by atoms with E-state index in [1.807, 2.05) is 6.07 Å². The number of nitrogen functional groups attached to an aromatic ring is 1. The number of hydrogen-bond donors (Lipinski definition) is 2. The lowest BCUT2D eigenvalue weighted by atomic mass is 10.1. The van der Waals surface area contributed by atoms with Crippen LogP contribution in [0.15, 0.2) is 65.7 Å². The predicted molar refractivity (Wildman–Crippen MR) is 123 cm³/mol. The molecule has 4 aromatic rings. The van der Waals surface area contributed by atoms with Gasteiger partial charge in [-0.3, -0.25) is 4.72 Å². The molecule has 166 valence electrons. The Labute approximate surface area is 197 Å². The van der Waals surface area contributed by atoms with Gasteiger partial charge in [-0.25, -0.2) is 22.8 Å². The third-order valence-electron chi connectivity index (χ3n) is 4.29. The van der Waals surface area contributed by atoms with Gasteiger partial charge in [0.1, 0.15) is 33.5 Å². The maximum atomic E-state index is 13.9. The second-order valence-corrected chi connectivity index (χ2v) is 9.88. The van der Waals surface area contributed by atoms with Gasteiger partial charge in [0.25, 0.3) is 10.0 Å². The van der Waals surface area contributed by atoms with E-state index in [0.29, 0.717) is 15.6 Å². The van der Waals surface area contributed by atoms with Crippen molar-refractivity contribution in [3.63, 3.8) is 0 Å². The van der Waals surface area contributed by atoms with E-state index >= 15 is 0 Å². The average Bonchev–Trinajstić information content (AvgIpc) is 3.18. The Bertz CT molecular complexity index is 1500. The summed E-state index contributed by atoms with van der Waals surface area (Å²) >= 11 is 6.74. The Balaban J connectivity index is 1.68. The van der Waals surface area contributed by atoms with Crippen LogP contribution in [0.5, 0.6) is 11.5 Å². The molecule has 0 atom stereocenters. The van der Waals surface area contributed by atoms with Gasteiger partial charge >= 0.3 is 0 Å². The summed E-state index contributed by atoms with van der Waals surface area (Å²) in [5.74, 6) is 0.00329. The number of aromatic nitrogens is 2. The number of nitrogens with one attached hydrogen (secondary N) is 1. The van der Waals surface area contributed by atoms with E-state index in [0.717, 1.165) is 17.4 Å². The van der Waals surface area contributed by atoms with Gasteiger partial charge in [-0.15, -0.1) is 0 Å². The highest BCUT2D eigenvalue weighted by Crippen LogP contribution is 2.35. The smallest absolute Gasteiger partial charge is 0.263 e. The maximum absolute atomic E-state index is 13.9. The number of nitriles is 1. The minimum Gasteiger partial charge on any atom is -0.455 e. The molecule has 0 amide bonds. The van der Waals surface area contributed by atoms with Gasteiger partial charge in [-0.2, -0.15) is 5.26 Å². The first-order valence-electron chi connectivity index (χ1n) is 9.14. The van der Waals surface area contributed by atoms with Crippen LogP contribution in [0, 0.1) is 17.1 Å². The van der Waals surface area contributed by atoms with Crippen molar-refractivity contribution in [1.82, 2.24) is 9.97 Å². The molecule has 2 aromatic heterocycles. The molecule has 4 rings (SSSR count). The molecule has 2 aromatic carbocycles. The minimum absolute atomic E-state index is 0.0501. The van der Waals surface area contributed by atoms with Crippen molar-refractivity contribution < 1.29 is 17.5 Å². The van der Waals surface area contributed by atoms with Crippen LogP contribution in [-0.4, -0.2) is 18.4 Å². The lowest BCUT2D eigenvalue weighted by Crippen LogP contribution is -2.13. The van der Waals surface area contributed by atoms with E-state index in [9.17, 15) is 18.1 Å². The summed E-state index contributed by atoms with van der Waals surface area (Å²) in [4.78, 5) is 7.87. The number of nitrogens with zero attached hydrogens (tertiary/aromatic N) is 3. The van der Waals surface area contributed by atoms with Crippen molar-refractivity contribution in [2.75, 3.05) is 10.5 Å². The molecule has 8 nitrogen and oxygen atoms in total. The van der Waals surface area contributed by atoms with Crippen LogP contribution in [0.1, 0.15) is 5.56 Å². The number of nitrogens with two attached hydrogens (primary N) is 1. The lowest BCUT2D eigenvalue weighted by molar-refractivity contribution is 0.480. The Morgan fingerprint density at radius 2 is 1.94 bits per heavy atom. The summed E-state index contributed by atoms with van der Waals surface area (Å²) in [6, 6.07) is 14.4. The molecule has 0 saturated carbocycles. The maximum Gasteiger partial charge on any atom is 0.263 e. The SMILES string of the molecule is N#Cc1cc(S(=O)(=O)Nc2ncc(Cl)s2)ccc1Oc1ccc(F)cc1-c1cccc(N)n1. The quantitative estimate of drug-likeness (QED) is 0.378. The molecule has 0 spiro atoms. The van der Waals surface area contributed by atoms with E-state index in [-0.39, 0.29) is 32.9 Å². The van der Waals surface area contributed by atoms with Crippen LogP contribution < -0.4 is 15.2 Å². The largest absolute Gasteiger partial charge is 0.455 e. The number of hydrogen-bond acceptors (Lipinski definition) is 8. The topological polar surface area (TPSA) is 131 Å². The fourth-order valence-electron chi connectivity index (χ4n) is 2.84. The normalized spacial score (nSPS) is 11.1. The molecule has 0 fully saturated rings. The van der Waals surface area contributed by atoms with Crippen LogP contribution in [-0.2, 0) is 10.0 Å². The summed E-state index contributed by atoms with van der Waals surface area (Å²) in [5, 5.41) is 9.67. The molecule has 0 aliphatic carbocycles. The number of thiazole rings is 1. The van der Waals surface area contributed by atoms with Gasteiger partial charge in [-0.1, -0.05) is 29.0 Å². The Morgan fingerprint density at radius 1 is 1.15 bits per heavy atom. The van der Waals surface area contributed by atoms with Gasteiger partial charge in [0.05, 0.1) is 22.3 Å². The van der Waals surface area contributed by atoms with Crippen molar-refractivity contribution in [2.45, 2.75) is 4.90 Å². The first-order valence-corrected chi connectivity index (χ1v) is 11.8.